The van der Waals surface area contributed by atoms with Gasteiger partial charge in [0.15, 0.2) is 0 Å². The molecule has 2 N–H and O–H groups in total. The Hall–Kier alpha value is -1.63. The van der Waals surface area contributed by atoms with E-state index in [4.69, 9.17) is 9.31 Å². The first kappa shape index (κ1) is 17.8. The fourth-order valence-corrected chi connectivity index (χ4v) is 3.54. The number of nitrogens with one attached hydrogen (secondary N) is 2. The standard InChI is InChI=1S/C20H28BN3O2/c1-19(2)20(3,4)26-21(25-19)15-10-8-14(9-11-15)17-13-23-18(24-17)16-7-5-6-12-22-16/h8-11,13,16,22H,5-7,12H2,1-4H3,(H,23,24)/t16-/m0/s1. The van der Waals surface area contributed by atoms with E-state index in [0.717, 1.165) is 35.5 Å². The minimum atomic E-state index is -0.321. The molecule has 0 aliphatic carbocycles. The van der Waals surface area contributed by atoms with E-state index in [1.165, 1.54) is 12.8 Å². The predicted molar refractivity (Wildman–Crippen MR) is 104 cm³/mol. The number of hydrogen-bond donors (Lipinski definition) is 2. The number of nitrogens with zero attached hydrogens (tertiary/aromatic N) is 1. The summed E-state index contributed by atoms with van der Waals surface area (Å²) in [7, 11) is -0.321. The lowest BCUT2D eigenvalue weighted by Crippen LogP contribution is -2.41. The highest BCUT2D eigenvalue weighted by molar-refractivity contribution is 6.62. The second-order valence-electron chi connectivity index (χ2n) is 8.39. The van der Waals surface area contributed by atoms with E-state index in [1.807, 2.05) is 6.20 Å². The van der Waals surface area contributed by atoms with Crippen LogP contribution in [0, 0.1) is 0 Å². The van der Waals surface area contributed by atoms with Crippen LogP contribution >= 0.6 is 0 Å². The number of hydrogen-bond acceptors (Lipinski definition) is 4. The van der Waals surface area contributed by atoms with Gasteiger partial charge in [-0.3, -0.25) is 0 Å². The number of aromatic nitrogens is 2. The first-order valence-electron chi connectivity index (χ1n) is 9.60. The van der Waals surface area contributed by atoms with Gasteiger partial charge in [-0.1, -0.05) is 30.7 Å². The molecule has 0 amide bonds. The lowest BCUT2D eigenvalue weighted by Gasteiger charge is -2.32. The molecule has 1 aromatic heterocycles. The molecule has 0 bridgehead atoms. The molecule has 5 nitrogen and oxygen atoms in total. The van der Waals surface area contributed by atoms with Crippen molar-refractivity contribution in [2.75, 3.05) is 6.54 Å². The predicted octanol–water partition coefficient (Wildman–Crippen LogP) is 3.19. The monoisotopic (exact) mass is 353 g/mol. The van der Waals surface area contributed by atoms with E-state index in [0.29, 0.717) is 6.04 Å². The van der Waals surface area contributed by atoms with Crippen molar-refractivity contribution >= 4 is 12.6 Å². The Labute approximate surface area is 156 Å². The lowest BCUT2D eigenvalue weighted by atomic mass is 9.79. The molecule has 2 aliphatic rings. The van der Waals surface area contributed by atoms with Crippen molar-refractivity contribution < 1.29 is 9.31 Å². The molecule has 0 saturated carbocycles. The highest BCUT2D eigenvalue weighted by Gasteiger charge is 2.51. The van der Waals surface area contributed by atoms with Gasteiger partial charge in [0.05, 0.1) is 29.1 Å². The van der Waals surface area contributed by atoms with Crippen molar-refractivity contribution in [2.45, 2.75) is 64.2 Å². The Bertz CT molecular complexity index is 748. The molecule has 138 valence electrons. The van der Waals surface area contributed by atoms with Crippen LogP contribution < -0.4 is 10.8 Å². The van der Waals surface area contributed by atoms with Gasteiger partial charge < -0.3 is 19.6 Å². The van der Waals surface area contributed by atoms with Crippen LogP contribution in [0.15, 0.2) is 30.5 Å². The fourth-order valence-electron chi connectivity index (χ4n) is 3.54. The van der Waals surface area contributed by atoms with Gasteiger partial charge in [-0.25, -0.2) is 4.98 Å². The van der Waals surface area contributed by atoms with E-state index in [1.54, 1.807) is 0 Å². The maximum atomic E-state index is 6.13. The van der Waals surface area contributed by atoms with Crippen LogP contribution in [0.3, 0.4) is 0 Å². The summed E-state index contributed by atoms with van der Waals surface area (Å²) < 4.78 is 12.3. The Kier molecular flexibility index (Phi) is 4.45. The summed E-state index contributed by atoms with van der Waals surface area (Å²) >= 11 is 0. The summed E-state index contributed by atoms with van der Waals surface area (Å²) in [5.74, 6) is 1.04. The quantitative estimate of drug-likeness (QED) is 0.832. The minimum absolute atomic E-state index is 0.318. The Balaban J connectivity index is 1.49. The van der Waals surface area contributed by atoms with Crippen LogP contribution in [0.1, 0.15) is 58.8 Å². The van der Waals surface area contributed by atoms with Gasteiger partial charge in [-0.15, -0.1) is 0 Å². The molecule has 0 radical (unpaired) electrons. The molecule has 6 heteroatoms. The van der Waals surface area contributed by atoms with Crippen molar-refractivity contribution in [3.05, 3.63) is 36.3 Å². The van der Waals surface area contributed by atoms with Crippen molar-refractivity contribution in [2.24, 2.45) is 0 Å². The van der Waals surface area contributed by atoms with E-state index in [2.05, 4.69) is 67.2 Å². The summed E-state index contributed by atoms with van der Waals surface area (Å²) in [6.45, 7) is 9.38. The molecular weight excluding hydrogens is 325 g/mol. The molecule has 2 fully saturated rings. The van der Waals surface area contributed by atoms with Crippen molar-refractivity contribution in [3.8, 4) is 11.3 Å². The maximum Gasteiger partial charge on any atom is 0.494 e. The second kappa shape index (κ2) is 6.52. The summed E-state index contributed by atoms with van der Waals surface area (Å²) in [5, 5.41) is 3.53. The summed E-state index contributed by atoms with van der Waals surface area (Å²) in [6, 6.07) is 8.72. The largest absolute Gasteiger partial charge is 0.494 e. The molecule has 2 saturated heterocycles. The van der Waals surface area contributed by atoms with E-state index < -0.39 is 0 Å². The summed E-state index contributed by atoms with van der Waals surface area (Å²) in [5.41, 5.74) is 2.58. The maximum absolute atomic E-state index is 6.13. The SMILES string of the molecule is CC1(C)OB(c2ccc(-c3cnc([C@@H]4CCCCN4)[nH]3)cc2)OC1(C)C. The normalized spacial score (nSPS) is 24.8. The Morgan fingerprint density at radius 1 is 1.04 bits per heavy atom. The Morgan fingerprint density at radius 2 is 1.73 bits per heavy atom. The fraction of sp³-hybridized carbons (Fsp3) is 0.550. The molecule has 2 aliphatic heterocycles. The van der Waals surface area contributed by atoms with Crippen molar-refractivity contribution in [3.63, 3.8) is 0 Å². The molecule has 3 heterocycles. The molecular formula is C20H28BN3O2. The third-order valence-corrected chi connectivity index (χ3v) is 5.98. The van der Waals surface area contributed by atoms with Crippen LogP contribution in [0.2, 0.25) is 0 Å². The average molecular weight is 353 g/mol. The lowest BCUT2D eigenvalue weighted by molar-refractivity contribution is 0.00578. The van der Waals surface area contributed by atoms with Gasteiger partial charge in [-0.2, -0.15) is 0 Å². The van der Waals surface area contributed by atoms with Gasteiger partial charge in [0.1, 0.15) is 5.82 Å². The average Bonchev–Trinajstić information content (AvgIpc) is 3.19. The molecule has 1 atom stereocenters. The van der Waals surface area contributed by atoms with E-state index in [-0.39, 0.29) is 18.3 Å². The van der Waals surface area contributed by atoms with Crippen molar-refractivity contribution in [1.29, 1.82) is 0 Å². The van der Waals surface area contributed by atoms with Gasteiger partial charge in [0.25, 0.3) is 0 Å². The number of piperidine rings is 1. The third kappa shape index (κ3) is 3.22. The first-order valence-corrected chi connectivity index (χ1v) is 9.60. The molecule has 1 aromatic carbocycles. The van der Waals surface area contributed by atoms with Crippen LogP contribution in [0.25, 0.3) is 11.3 Å². The third-order valence-electron chi connectivity index (χ3n) is 5.98. The molecule has 0 unspecified atom stereocenters. The minimum Gasteiger partial charge on any atom is -0.399 e. The highest BCUT2D eigenvalue weighted by Crippen LogP contribution is 2.36. The topological polar surface area (TPSA) is 59.2 Å². The van der Waals surface area contributed by atoms with Crippen LogP contribution in [0.5, 0.6) is 0 Å². The number of benzene rings is 1. The number of rotatable bonds is 3. The smallest absolute Gasteiger partial charge is 0.399 e. The van der Waals surface area contributed by atoms with Crippen LogP contribution in [-0.4, -0.2) is 34.8 Å². The van der Waals surface area contributed by atoms with E-state index in [9.17, 15) is 0 Å². The van der Waals surface area contributed by atoms with Crippen LogP contribution in [0.4, 0.5) is 0 Å². The summed E-state index contributed by atoms with van der Waals surface area (Å²) in [4.78, 5) is 8.06. The number of aromatic amines is 1. The molecule has 0 spiro atoms. The van der Waals surface area contributed by atoms with Crippen molar-refractivity contribution in [1.82, 2.24) is 15.3 Å². The molecule has 4 rings (SSSR count). The molecule has 2 aromatic rings. The number of H-pyrrole nitrogens is 1. The van der Waals surface area contributed by atoms with Gasteiger partial charge in [0.2, 0.25) is 0 Å². The second-order valence-corrected chi connectivity index (χ2v) is 8.39. The number of imidazole rings is 1. The zero-order chi connectivity index (χ0) is 18.4. The zero-order valence-corrected chi connectivity index (χ0v) is 16.1. The van der Waals surface area contributed by atoms with Crippen LogP contribution in [-0.2, 0) is 9.31 Å². The Morgan fingerprint density at radius 3 is 2.35 bits per heavy atom. The first-order chi connectivity index (χ1) is 12.4. The van der Waals surface area contributed by atoms with Gasteiger partial charge in [0, 0.05) is 0 Å². The van der Waals surface area contributed by atoms with E-state index >= 15 is 0 Å². The summed E-state index contributed by atoms with van der Waals surface area (Å²) in [6.07, 6.45) is 5.59. The zero-order valence-electron chi connectivity index (χ0n) is 16.1. The van der Waals surface area contributed by atoms with Gasteiger partial charge in [-0.05, 0) is 58.1 Å². The molecule has 26 heavy (non-hydrogen) atoms. The highest BCUT2D eigenvalue weighted by atomic mass is 16.7. The van der Waals surface area contributed by atoms with Gasteiger partial charge >= 0.3 is 7.12 Å².